The summed E-state index contributed by atoms with van der Waals surface area (Å²) < 4.78 is 5.14. The molecule has 1 unspecified atom stereocenters. The van der Waals surface area contributed by atoms with Gasteiger partial charge in [0.25, 0.3) is 0 Å². The Balaban J connectivity index is 2.93. The highest BCUT2D eigenvalue weighted by molar-refractivity contribution is 6.35. The van der Waals surface area contributed by atoms with Crippen molar-refractivity contribution < 1.29 is 19.1 Å². The van der Waals surface area contributed by atoms with Crippen molar-refractivity contribution in [3.8, 4) is 0 Å². The minimum atomic E-state index is -0.803. The molecule has 0 fully saturated rings. The monoisotopic (exact) mass is 403 g/mol. The Morgan fingerprint density at radius 3 is 2.15 bits per heavy atom. The second-order valence-electron chi connectivity index (χ2n) is 5.99. The number of hydrogen-bond donors (Lipinski definition) is 2. The van der Waals surface area contributed by atoms with Crippen LogP contribution in [0.4, 0.5) is 15.3 Å². The Morgan fingerprint density at radius 1 is 1.08 bits per heavy atom. The van der Waals surface area contributed by atoms with Gasteiger partial charge in [0.1, 0.15) is 6.54 Å². The number of carbonyl (C=O) groups excluding carboxylic acids is 3. The minimum Gasteiger partial charge on any atom is -0.461 e. The van der Waals surface area contributed by atoms with Crippen LogP contribution in [-0.4, -0.2) is 41.6 Å². The molecule has 0 aliphatic rings. The van der Waals surface area contributed by atoms with Crippen molar-refractivity contribution >= 4 is 46.9 Å². The zero-order chi connectivity index (χ0) is 19.9. The fourth-order valence-corrected chi connectivity index (χ4v) is 2.38. The lowest BCUT2D eigenvalue weighted by Crippen LogP contribution is -2.50. The maximum atomic E-state index is 12.5. The van der Waals surface area contributed by atoms with Crippen LogP contribution in [0, 0.1) is 0 Å². The molecule has 1 aromatic rings. The molecule has 0 spiro atoms. The number of hydrogen-bond acceptors (Lipinski definition) is 4. The van der Waals surface area contributed by atoms with Crippen LogP contribution in [0.25, 0.3) is 0 Å². The molecule has 2 N–H and O–H groups in total. The first kappa shape index (κ1) is 22.1. The van der Waals surface area contributed by atoms with E-state index in [2.05, 4.69) is 10.6 Å². The van der Waals surface area contributed by atoms with E-state index in [1.54, 1.807) is 20.8 Å². The highest BCUT2D eigenvalue weighted by Gasteiger charge is 2.26. The summed E-state index contributed by atoms with van der Waals surface area (Å²) in [4.78, 5) is 37.6. The smallest absolute Gasteiger partial charge is 0.330 e. The van der Waals surface area contributed by atoms with E-state index in [9.17, 15) is 14.4 Å². The zero-order valence-electron chi connectivity index (χ0n) is 15.1. The second kappa shape index (κ2) is 10.2. The van der Waals surface area contributed by atoms with Crippen LogP contribution in [0.2, 0.25) is 10.0 Å². The number of carbonyl (C=O) groups is 3. The van der Waals surface area contributed by atoms with Crippen LogP contribution >= 0.6 is 23.2 Å². The van der Waals surface area contributed by atoms with Crippen LogP contribution in [0.3, 0.4) is 0 Å². The quantitative estimate of drug-likeness (QED) is 0.693. The number of ether oxygens (including phenoxy) is 1. The van der Waals surface area contributed by atoms with Crippen LogP contribution < -0.4 is 10.6 Å². The molecule has 1 atom stereocenters. The molecule has 4 amide bonds. The average molecular weight is 404 g/mol. The first-order valence-corrected chi connectivity index (χ1v) is 8.92. The summed E-state index contributed by atoms with van der Waals surface area (Å²) in [6.45, 7) is 6.54. The third-order valence-corrected chi connectivity index (χ3v) is 3.65. The van der Waals surface area contributed by atoms with E-state index in [4.69, 9.17) is 27.9 Å². The third-order valence-electron chi connectivity index (χ3n) is 3.21. The molecular formula is C17H23Cl2N3O4. The average Bonchev–Trinajstić information content (AvgIpc) is 2.50. The lowest BCUT2D eigenvalue weighted by Gasteiger charge is -2.23. The van der Waals surface area contributed by atoms with Crippen molar-refractivity contribution in [2.75, 3.05) is 11.9 Å². The summed E-state index contributed by atoms with van der Waals surface area (Å²) in [5, 5.41) is 5.71. The van der Waals surface area contributed by atoms with Gasteiger partial charge in [-0.1, -0.05) is 30.1 Å². The van der Waals surface area contributed by atoms with Gasteiger partial charge in [-0.15, -0.1) is 0 Å². The SMILES string of the molecule is CCC(C)OC(=O)CN(C(=O)Nc1cc(Cl)cc(Cl)c1)C(=O)NC(C)C. The molecule has 7 nitrogen and oxygen atoms in total. The van der Waals surface area contributed by atoms with E-state index in [-0.39, 0.29) is 12.1 Å². The summed E-state index contributed by atoms with van der Waals surface area (Å²) in [5.41, 5.74) is 0.296. The molecule has 0 aromatic heterocycles. The molecular weight excluding hydrogens is 381 g/mol. The minimum absolute atomic E-state index is 0.219. The Hall–Kier alpha value is -1.99. The second-order valence-corrected chi connectivity index (χ2v) is 6.86. The van der Waals surface area contributed by atoms with Gasteiger partial charge in [0, 0.05) is 21.8 Å². The summed E-state index contributed by atoms with van der Waals surface area (Å²) in [5.74, 6) is -0.683. The number of imide groups is 1. The Morgan fingerprint density at radius 2 is 1.65 bits per heavy atom. The number of nitrogens with zero attached hydrogens (tertiary/aromatic N) is 1. The largest absolute Gasteiger partial charge is 0.461 e. The summed E-state index contributed by atoms with van der Waals surface area (Å²) in [6.07, 6.45) is 0.309. The van der Waals surface area contributed by atoms with Crippen molar-refractivity contribution in [3.05, 3.63) is 28.2 Å². The predicted octanol–water partition coefficient (Wildman–Crippen LogP) is 4.29. The van der Waals surface area contributed by atoms with Crippen LogP contribution in [0.5, 0.6) is 0 Å². The molecule has 1 rings (SSSR count). The van der Waals surface area contributed by atoms with Crippen LogP contribution in [0.15, 0.2) is 18.2 Å². The number of urea groups is 2. The van der Waals surface area contributed by atoms with Crippen molar-refractivity contribution in [1.82, 2.24) is 10.2 Å². The Kier molecular flexibility index (Phi) is 8.68. The van der Waals surface area contributed by atoms with Crippen molar-refractivity contribution in [1.29, 1.82) is 0 Å². The van der Waals surface area contributed by atoms with Gasteiger partial charge >= 0.3 is 18.0 Å². The van der Waals surface area contributed by atoms with E-state index in [1.807, 2.05) is 6.92 Å². The van der Waals surface area contributed by atoms with Gasteiger partial charge < -0.3 is 15.4 Å². The van der Waals surface area contributed by atoms with Crippen molar-refractivity contribution in [2.45, 2.75) is 46.3 Å². The van der Waals surface area contributed by atoms with Crippen LogP contribution in [-0.2, 0) is 9.53 Å². The Labute approximate surface area is 163 Å². The lowest BCUT2D eigenvalue weighted by atomic mass is 10.3. The maximum absolute atomic E-state index is 12.5. The van der Waals surface area contributed by atoms with Crippen LogP contribution in [0.1, 0.15) is 34.1 Å². The van der Waals surface area contributed by atoms with Crippen molar-refractivity contribution in [2.24, 2.45) is 0 Å². The third kappa shape index (κ3) is 7.49. The molecule has 0 saturated carbocycles. The number of amides is 4. The van der Waals surface area contributed by atoms with Crippen molar-refractivity contribution in [3.63, 3.8) is 0 Å². The molecule has 9 heteroatoms. The summed E-state index contributed by atoms with van der Waals surface area (Å²) >= 11 is 11.8. The highest BCUT2D eigenvalue weighted by Crippen LogP contribution is 2.22. The predicted molar refractivity (Wildman–Crippen MR) is 102 cm³/mol. The number of nitrogens with one attached hydrogen (secondary N) is 2. The van der Waals surface area contributed by atoms with Gasteiger partial charge in [-0.2, -0.15) is 0 Å². The van der Waals surface area contributed by atoms with E-state index < -0.39 is 24.6 Å². The molecule has 144 valence electrons. The summed E-state index contributed by atoms with van der Waals surface area (Å²) in [7, 11) is 0. The number of rotatable bonds is 6. The number of halogens is 2. The fraction of sp³-hybridized carbons (Fsp3) is 0.471. The fourth-order valence-electron chi connectivity index (χ4n) is 1.85. The molecule has 1 aromatic carbocycles. The molecule has 0 radical (unpaired) electrons. The lowest BCUT2D eigenvalue weighted by molar-refractivity contribution is -0.148. The van der Waals surface area contributed by atoms with Gasteiger partial charge in [0.05, 0.1) is 6.10 Å². The molecule has 26 heavy (non-hydrogen) atoms. The molecule has 0 aliphatic heterocycles. The van der Waals surface area contributed by atoms with Gasteiger partial charge in [0.2, 0.25) is 0 Å². The van der Waals surface area contributed by atoms with Gasteiger partial charge in [0.15, 0.2) is 0 Å². The van der Waals surface area contributed by atoms with Gasteiger partial charge in [-0.05, 0) is 45.4 Å². The van der Waals surface area contributed by atoms with Gasteiger partial charge in [-0.25, -0.2) is 14.5 Å². The van der Waals surface area contributed by atoms with E-state index in [0.717, 1.165) is 4.90 Å². The van der Waals surface area contributed by atoms with E-state index in [0.29, 0.717) is 22.2 Å². The number of benzene rings is 1. The topological polar surface area (TPSA) is 87.7 Å². The zero-order valence-corrected chi connectivity index (χ0v) is 16.6. The molecule has 0 aliphatic carbocycles. The number of esters is 1. The van der Waals surface area contributed by atoms with E-state index in [1.165, 1.54) is 18.2 Å². The van der Waals surface area contributed by atoms with E-state index >= 15 is 0 Å². The molecule has 0 bridgehead atoms. The van der Waals surface area contributed by atoms with Gasteiger partial charge in [-0.3, -0.25) is 4.79 Å². The Bertz CT molecular complexity index is 647. The normalized spacial score (nSPS) is 11.7. The summed E-state index contributed by atoms with van der Waals surface area (Å²) in [6, 6.07) is 2.71. The highest BCUT2D eigenvalue weighted by atomic mass is 35.5. The first-order valence-electron chi connectivity index (χ1n) is 8.17. The maximum Gasteiger partial charge on any atom is 0.330 e. The number of anilines is 1. The first-order chi connectivity index (χ1) is 12.1. The molecule has 0 saturated heterocycles. The molecule has 0 heterocycles. The standard InChI is InChI=1S/C17H23Cl2N3O4/c1-5-11(4)26-15(23)9-22(16(24)20-10(2)3)17(25)21-14-7-12(18)6-13(19)8-14/h6-8,10-11H,5,9H2,1-4H3,(H,20,24)(H,21,25).